The van der Waals surface area contributed by atoms with Crippen LogP contribution in [0.25, 0.3) is 11.1 Å². The Hall–Kier alpha value is -4.01. The Balaban J connectivity index is 1.43. The summed E-state index contributed by atoms with van der Waals surface area (Å²) >= 11 is 0. The Labute approximate surface area is 218 Å². The number of rotatable bonds is 7. The monoisotopic (exact) mass is 524 g/mol. The van der Waals surface area contributed by atoms with Crippen LogP contribution in [0.15, 0.2) is 60.7 Å². The molecular weight excluding hydrogens is 497 g/mol. The van der Waals surface area contributed by atoms with E-state index in [-0.39, 0.29) is 29.9 Å². The molecule has 0 radical (unpaired) electrons. The lowest BCUT2D eigenvalue weighted by Gasteiger charge is -2.19. The minimum Gasteiger partial charge on any atom is -0.454 e. The second kappa shape index (κ2) is 9.70. The highest BCUT2D eigenvalue weighted by molar-refractivity contribution is 6.02. The first-order valence-corrected chi connectivity index (χ1v) is 12.5. The van der Waals surface area contributed by atoms with Crippen molar-refractivity contribution >= 4 is 17.5 Å². The van der Waals surface area contributed by atoms with Crippen LogP contribution in [0.1, 0.15) is 48.2 Å². The lowest BCUT2D eigenvalue weighted by atomic mass is 9.94. The summed E-state index contributed by atoms with van der Waals surface area (Å²) in [4.78, 5) is 27.6. The molecule has 0 aromatic heterocycles. The number of nitrogens with one attached hydrogen (secondary N) is 1. The molecular formula is C29H27F3N2O4. The summed E-state index contributed by atoms with van der Waals surface area (Å²) in [6.45, 7) is 4.98. The van der Waals surface area contributed by atoms with Gasteiger partial charge < -0.3 is 19.7 Å². The molecule has 2 aliphatic rings. The van der Waals surface area contributed by atoms with Crippen molar-refractivity contribution < 1.29 is 32.2 Å². The van der Waals surface area contributed by atoms with Crippen LogP contribution in [0.5, 0.6) is 11.5 Å². The number of hydrogen-bond acceptors (Lipinski definition) is 4. The molecule has 198 valence electrons. The van der Waals surface area contributed by atoms with E-state index in [1.807, 2.05) is 13.8 Å². The highest BCUT2D eigenvalue weighted by Crippen LogP contribution is 2.51. The fourth-order valence-corrected chi connectivity index (χ4v) is 4.75. The van der Waals surface area contributed by atoms with E-state index >= 15 is 0 Å². The van der Waals surface area contributed by atoms with Crippen molar-refractivity contribution in [2.75, 3.05) is 25.2 Å². The number of fused-ring (bicyclic) bond motifs is 1. The maximum absolute atomic E-state index is 13.8. The van der Waals surface area contributed by atoms with Gasteiger partial charge >= 0.3 is 6.18 Å². The number of carbonyl (C=O) groups is 2. The first kappa shape index (κ1) is 25.6. The van der Waals surface area contributed by atoms with Crippen LogP contribution in [0, 0.1) is 0 Å². The van der Waals surface area contributed by atoms with Gasteiger partial charge in [-0.3, -0.25) is 9.59 Å². The molecule has 1 fully saturated rings. The van der Waals surface area contributed by atoms with Gasteiger partial charge in [-0.25, -0.2) is 0 Å². The van der Waals surface area contributed by atoms with Crippen LogP contribution in [-0.2, 0) is 16.4 Å². The van der Waals surface area contributed by atoms with E-state index < -0.39 is 17.2 Å². The standard InChI is InChI=1S/C29H27F3N2O4/c1-3-34(4-2)26(35)19-7-5-18(6-8-19)20-13-22(29(30,31)32)15-23(14-20)33-27(36)28(11-12-28)21-9-10-24-25(16-21)38-17-37-24/h5-10,13-16H,3-4,11-12,17H2,1-2H3,(H,33,36). The van der Waals surface area contributed by atoms with Gasteiger partial charge in [0.25, 0.3) is 5.91 Å². The van der Waals surface area contributed by atoms with Gasteiger partial charge in [-0.05, 0) is 85.8 Å². The Morgan fingerprint density at radius 2 is 1.58 bits per heavy atom. The molecule has 5 rings (SSSR count). The number of nitrogens with zero attached hydrogens (tertiary/aromatic N) is 1. The highest BCUT2D eigenvalue weighted by Gasteiger charge is 2.51. The normalized spacial score (nSPS) is 15.2. The minimum absolute atomic E-state index is 0.0511. The van der Waals surface area contributed by atoms with Gasteiger partial charge in [0.05, 0.1) is 11.0 Å². The van der Waals surface area contributed by atoms with Crippen molar-refractivity contribution in [2.45, 2.75) is 38.3 Å². The van der Waals surface area contributed by atoms with E-state index in [9.17, 15) is 22.8 Å². The maximum Gasteiger partial charge on any atom is 0.416 e. The van der Waals surface area contributed by atoms with E-state index in [0.29, 0.717) is 48.6 Å². The molecule has 0 spiro atoms. The molecule has 1 aliphatic carbocycles. The van der Waals surface area contributed by atoms with Crippen LogP contribution >= 0.6 is 0 Å². The molecule has 0 unspecified atom stereocenters. The lowest BCUT2D eigenvalue weighted by molar-refractivity contribution is -0.137. The molecule has 1 heterocycles. The van der Waals surface area contributed by atoms with Gasteiger partial charge in [0.1, 0.15) is 0 Å². The van der Waals surface area contributed by atoms with Gasteiger partial charge in [0.15, 0.2) is 11.5 Å². The van der Waals surface area contributed by atoms with Gasteiger partial charge in [-0.1, -0.05) is 18.2 Å². The van der Waals surface area contributed by atoms with Gasteiger partial charge in [-0.15, -0.1) is 0 Å². The first-order chi connectivity index (χ1) is 18.1. The number of carbonyl (C=O) groups excluding carboxylic acids is 2. The average molecular weight is 525 g/mol. The molecule has 0 atom stereocenters. The molecule has 1 aliphatic heterocycles. The third-order valence-electron chi connectivity index (χ3n) is 7.14. The second-order valence-electron chi connectivity index (χ2n) is 9.46. The Bertz CT molecular complexity index is 1380. The molecule has 3 aromatic carbocycles. The fourth-order valence-electron chi connectivity index (χ4n) is 4.75. The van der Waals surface area contributed by atoms with Crippen molar-refractivity contribution in [3.63, 3.8) is 0 Å². The van der Waals surface area contributed by atoms with Crippen LogP contribution in [0.4, 0.5) is 18.9 Å². The first-order valence-electron chi connectivity index (χ1n) is 12.5. The average Bonchev–Trinajstić information content (AvgIpc) is 3.59. The van der Waals surface area contributed by atoms with E-state index in [0.717, 1.165) is 17.7 Å². The van der Waals surface area contributed by atoms with Gasteiger partial charge in [0, 0.05) is 24.3 Å². The predicted octanol–water partition coefficient (Wildman–Crippen LogP) is 6.25. The summed E-state index contributed by atoms with van der Waals surface area (Å²) in [7, 11) is 0. The smallest absolute Gasteiger partial charge is 0.416 e. The molecule has 9 heteroatoms. The second-order valence-corrected chi connectivity index (χ2v) is 9.46. The van der Waals surface area contributed by atoms with Crippen LogP contribution in [0.2, 0.25) is 0 Å². The quantitative estimate of drug-likeness (QED) is 0.397. The summed E-state index contributed by atoms with van der Waals surface area (Å²) in [6.07, 6.45) is -3.46. The summed E-state index contributed by atoms with van der Waals surface area (Å²) < 4.78 is 52.1. The fraction of sp³-hybridized carbons (Fsp3) is 0.310. The molecule has 0 saturated heterocycles. The zero-order chi connectivity index (χ0) is 27.1. The predicted molar refractivity (Wildman–Crippen MR) is 136 cm³/mol. The summed E-state index contributed by atoms with van der Waals surface area (Å²) in [6, 6.07) is 15.2. The van der Waals surface area contributed by atoms with Crippen LogP contribution in [0.3, 0.4) is 0 Å². The largest absolute Gasteiger partial charge is 0.454 e. The highest BCUT2D eigenvalue weighted by atomic mass is 19.4. The number of alkyl halides is 3. The number of hydrogen-bond donors (Lipinski definition) is 1. The number of anilines is 1. The Kier molecular flexibility index (Phi) is 6.54. The molecule has 1 N–H and O–H groups in total. The molecule has 0 bridgehead atoms. The molecule has 38 heavy (non-hydrogen) atoms. The number of benzene rings is 3. The molecule has 2 amide bonds. The molecule has 6 nitrogen and oxygen atoms in total. The molecule has 1 saturated carbocycles. The van der Waals surface area contributed by atoms with Gasteiger partial charge in [0.2, 0.25) is 12.7 Å². The number of halogens is 3. The van der Waals surface area contributed by atoms with Crippen molar-refractivity contribution in [1.82, 2.24) is 4.90 Å². The third-order valence-corrected chi connectivity index (χ3v) is 7.14. The van der Waals surface area contributed by atoms with E-state index in [2.05, 4.69) is 5.32 Å². The summed E-state index contributed by atoms with van der Waals surface area (Å²) in [5.74, 6) is 0.627. The zero-order valence-electron chi connectivity index (χ0n) is 21.0. The topological polar surface area (TPSA) is 67.9 Å². The SMILES string of the molecule is CCN(CC)C(=O)c1ccc(-c2cc(NC(=O)C3(c4ccc5c(c4)OCO5)CC3)cc(C(F)(F)F)c2)cc1. The van der Waals surface area contributed by atoms with Crippen LogP contribution < -0.4 is 14.8 Å². The minimum atomic E-state index is -4.61. The maximum atomic E-state index is 13.8. The zero-order valence-corrected chi connectivity index (χ0v) is 21.0. The van der Waals surface area contributed by atoms with E-state index in [4.69, 9.17) is 9.47 Å². The van der Waals surface area contributed by atoms with Crippen molar-refractivity contribution in [1.29, 1.82) is 0 Å². The van der Waals surface area contributed by atoms with E-state index in [1.165, 1.54) is 6.07 Å². The van der Waals surface area contributed by atoms with Crippen molar-refractivity contribution in [3.05, 3.63) is 77.4 Å². The lowest BCUT2D eigenvalue weighted by Crippen LogP contribution is -2.30. The molecule has 3 aromatic rings. The van der Waals surface area contributed by atoms with Crippen molar-refractivity contribution in [3.8, 4) is 22.6 Å². The number of ether oxygens (including phenoxy) is 2. The van der Waals surface area contributed by atoms with E-state index in [1.54, 1.807) is 47.4 Å². The summed E-state index contributed by atoms with van der Waals surface area (Å²) in [5.41, 5.74) is 0.320. The van der Waals surface area contributed by atoms with Crippen molar-refractivity contribution in [2.24, 2.45) is 0 Å². The third kappa shape index (κ3) is 4.80. The number of amides is 2. The van der Waals surface area contributed by atoms with Crippen LogP contribution in [-0.4, -0.2) is 36.6 Å². The summed E-state index contributed by atoms with van der Waals surface area (Å²) in [5, 5.41) is 2.72. The Morgan fingerprint density at radius 3 is 2.21 bits per heavy atom. The van der Waals surface area contributed by atoms with Gasteiger partial charge in [-0.2, -0.15) is 13.2 Å². The Morgan fingerprint density at radius 1 is 0.895 bits per heavy atom.